The van der Waals surface area contributed by atoms with Gasteiger partial charge < -0.3 is 29.9 Å². The number of carboxylic acid groups (broad SMARTS) is 1. The lowest BCUT2D eigenvalue weighted by Gasteiger charge is -2.29. The summed E-state index contributed by atoms with van der Waals surface area (Å²) in [6.45, 7) is -0.321. The molecule has 8 nitrogen and oxygen atoms in total. The maximum absolute atomic E-state index is 11.7. The van der Waals surface area contributed by atoms with Crippen LogP contribution in [-0.2, 0) is 11.2 Å². The van der Waals surface area contributed by atoms with Gasteiger partial charge >= 0.3 is 13.1 Å². The van der Waals surface area contributed by atoms with Crippen molar-refractivity contribution in [2.75, 3.05) is 25.2 Å². The van der Waals surface area contributed by atoms with Crippen LogP contribution in [0.4, 0.5) is 0 Å². The topological polar surface area (TPSA) is 125 Å². The highest BCUT2D eigenvalue weighted by Gasteiger charge is 2.38. The Morgan fingerprint density at radius 1 is 1.50 bits per heavy atom. The minimum atomic E-state index is -1.37. The number of aliphatic hydroxyl groups is 1. The van der Waals surface area contributed by atoms with Gasteiger partial charge in [0, 0.05) is 0 Å². The van der Waals surface area contributed by atoms with Gasteiger partial charge in [0.15, 0.2) is 0 Å². The first-order valence-corrected chi connectivity index (χ1v) is 8.63. The van der Waals surface area contributed by atoms with Crippen LogP contribution < -0.4 is 14.7 Å². The Bertz CT molecular complexity index is 627. The standard InChI is InChI=1S/C14H18BNO7S/c1-24-7-11(18)16-10-6-8-2-3-9(22-5-4-17)12(14(19)20)13(8)23-15(10)21/h2-3,10,17,21H,4-7H2,1H3,(H,16,18)(H,19,20)/t10-/m0/s1. The molecular formula is C14H18BNO7S. The second-order valence-corrected chi connectivity index (χ2v) is 5.99. The number of hydrogen-bond donors (Lipinski definition) is 4. The van der Waals surface area contributed by atoms with Gasteiger partial charge in [-0.2, -0.15) is 11.8 Å². The lowest BCUT2D eigenvalue weighted by molar-refractivity contribution is -0.118. The number of fused-ring (bicyclic) bond motifs is 1. The predicted octanol–water partition coefficient (Wildman–Crippen LogP) is -0.442. The Balaban J connectivity index is 2.27. The first-order chi connectivity index (χ1) is 11.5. The summed E-state index contributed by atoms with van der Waals surface area (Å²) in [6, 6.07) is 3.09. The minimum absolute atomic E-state index is 0.0146. The molecule has 0 spiro atoms. The van der Waals surface area contributed by atoms with Crippen molar-refractivity contribution >= 4 is 30.8 Å². The molecule has 0 saturated carbocycles. The van der Waals surface area contributed by atoms with Crippen molar-refractivity contribution in [3.05, 3.63) is 23.3 Å². The number of carbonyl (C=O) groups is 2. The number of rotatable bonds is 7. The fourth-order valence-corrected chi connectivity index (χ4v) is 2.77. The molecule has 1 aliphatic heterocycles. The van der Waals surface area contributed by atoms with Crippen molar-refractivity contribution in [3.63, 3.8) is 0 Å². The van der Waals surface area contributed by atoms with Crippen LogP contribution in [0.5, 0.6) is 11.5 Å². The number of ether oxygens (including phenoxy) is 1. The monoisotopic (exact) mass is 355 g/mol. The molecule has 2 rings (SSSR count). The van der Waals surface area contributed by atoms with Crippen molar-refractivity contribution < 1.29 is 34.2 Å². The van der Waals surface area contributed by atoms with Crippen LogP contribution in [0.25, 0.3) is 0 Å². The van der Waals surface area contributed by atoms with E-state index in [9.17, 15) is 19.7 Å². The van der Waals surface area contributed by atoms with Crippen LogP contribution in [0.3, 0.4) is 0 Å². The van der Waals surface area contributed by atoms with E-state index in [0.717, 1.165) is 0 Å². The van der Waals surface area contributed by atoms with E-state index < -0.39 is 19.0 Å². The van der Waals surface area contributed by atoms with Crippen LogP contribution >= 0.6 is 11.8 Å². The Labute approximate surface area is 143 Å². The zero-order chi connectivity index (χ0) is 17.7. The SMILES string of the molecule is CSCC(=O)N[C@H]1Cc2ccc(OCCO)c(C(=O)O)c2OB1O. The van der Waals surface area contributed by atoms with E-state index in [-0.39, 0.29) is 48.4 Å². The van der Waals surface area contributed by atoms with E-state index in [1.807, 2.05) is 0 Å². The lowest BCUT2D eigenvalue weighted by atomic mass is 9.72. The molecule has 1 heterocycles. The number of aliphatic hydroxyl groups excluding tert-OH is 1. The number of thioether (sulfide) groups is 1. The Morgan fingerprint density at radius 2 is 2.25 bits per heavy atom. The third-order valence-corrected chi connectivity index (χ3v) is 3.96. The van der Waals surface area contributed by atoms with Crippen molar-refractivity contribution in [1.82, 2.24) is 5.32 Å². The first-order valence-electron chi connectivity index (χ1n) is 7.23. The van der Waals surface area contributed by atoms with Gasteiger partial charge in [-0.3, -0.25) is 4.79 Å². The average Bonchev–Trinajstić information content (AvgIpc) is 2.53. The summed E-state index contributed by atoms with van der Waals surface area (Å²) < 4.78 is 10.6. The van der Waals surface area contributed by atoms with Gasteiger partial charge in [-0.25, -0.2) is 4.79 Å². The Kier molecular flexibility index (Phi) is 6.35. The van der Waals surface area contributed by atoms with E-state index >= 15 is 0 Å². The fourth-order valence-electron chi connectivity index (χ4n) is 2.42. The molecule has 10 heteroatoms. The molecular weight excluding hydrogens is 337 g/mol. The second kappa shape index (κ2) is 8.27. The summed E-state index contributed by atoms with van der Waals surface area (Å²) in [5.74, 6) is -1.85. The number of hydrogen-bond acceptors (Lipinski definition) is 7. The van der Waals surface area contributed by atoms with Crippen molar-refractivity contribution in [1.29, 1.82) is 0 Å². The Morgan fingerprint density at radius 3 is 2.88 bits per heavy atom. The van der Waals surface area contributed by atoms with Crippen molar-refractivity contribution in [2.45, 2.75) is 12.4 Å². The third-order valence-electron chi connectivity index (χ3n) is 3.41. The summed E-state index contributed by atoms with van der Waals surface area (Å²) in [5.41, 5.74) is 0.331. The van der Waals surface area contributed by atoms with E-state index in [1.54, 1.807) is 12.3 Å². The number of aromatic carboxylic acids is 1. The molecule has 0 saturated heterocycles. The molecule has 24 heavy (non-hydrogen) atoms. The molecule has 130 valence electrons. The van der Waals surface area contributed by atoms with Crippen molar-refractivity contribution in [2.24, 2.45) is 0 Å². The van der Waals surface area contributed by atoms with Gasteiger partial charge in [-0.05, 0) is 24.3 Å². The lowest BCUT2D eigenvalue weighted by Crippen LogP contribution is -2.53. The van der Waals surface area contributed by atoms with Crippen molar-refractivity contribution in [3.8, 4) is 11.5 Å². The van der Waals surface area contributed by atoms with E-state index in [1.165, 1.54) is 17.8 Å². The average molecular weight is 355 g/mol. The fraction of sp³-hybridized carbons (Fsp3) is 0.429. The highest BCUT2D eigenvalue weighted by molar-refractivity contribution is 7.99. The minimum Gasteiger partial charge on any atom is -0.534 e. The van der Waals surface area contributed by atoms with Crippen LogP contribution in [0, 0.1) is 0 Å². The number of carboxylic acids is 1. The highest BCUT2D eigenvalue weighted by atomic mass is 32.2. The molecule has 0 unspecified atom stereocenters. The van der Waals surface area contributed by atoms with E-state index in [2.05, 4.69) is 5.32 Å². The maximum Gasteiger partial charge on any atom is 0.547 e. The molecule has 0 radical (unpaired) electrons. The molecule has 0 aliphatic carbocycles. The zero-order valence-electron chi connectivity index (χ0n) is 13.0. The summed E-state index contributed by atoms with van der Waals surface area (Å²) in [7, 11) is -1.37. The van der Waals surface area contributed by atoms with E-state index in [4.69, 9.17) is 14.5 Å². The summed E-state index contributed by atoms with van der Waals surface area (Å²) in [4.78, 5) is 23.2. The summed E-state index contributed by atoms with van der Waals surface area (Å²) in [6.07, 6.45) is 2.02. The Hall–Kier alpha value is -1.91. The molecule has 1 aliphatic rings. The van der Waals surface area contributed by atoms with Gasteiger partial charge in [0.05, 0.1) is 18.3 Å². The molecule has 0 fully saturated rings. The van der Waals surface area contributed by atoms with Gasteiger partial charge in [-0.1, -0.05) is 6.07 Å². The van der Waals surface area contributed by atoms with Gasteiger partial charge in [0.25, 0.3) is 0 Å². The maximum atomic E-state index is 11.7. The zero-order valence-corrected chi connectivity index (χ0v) is 13.8. The van der Waals surface area contributed by atoms with Gasteiger partial charge in [0.2, 0.25) is 5.91 Å². The van der Waals surface area contributed by atoms with Crippen LogP contribution in [-0.4, -0.2) is 65.4 Å². The molecule has 0 bridgehead atoms. The molecule has 1 aromatic rings. The summed E-state index contributed by atoms with van der Waals surface area (Å²) in [5, 5.41) is 31.0. The highest BCUT2D eigenvalue weighted by Crippen LogP contribution is 2.36. The molecule has 1 atom stereocenters. The largest absolute Gasteiger partial charge is 0.547 e. The predicted molar refractivity (Wildman–Crippen MR) is 88.6 cm³/mol. The third kappa shape index (κ3) is 4.13. The summed E-state index contributed by atoms with van der Waals surface area (Å²) >= 11 is 1.35. The van der Waals surface area contributed by atoms with Gasteiger partial charge in [-0.15, -0.1) is 0 Å². The number of carbonyl (C=O) groups excluding carboxylic acids is 1. The van der Waals surface area contributed by atoms with E-state index in [0.29, 0.717) is 5.56 Å². The number of benzene rings is 1. The quantitative estimate of drug-likeness (QED) is 0.485. The molecule has 4 N–H and O–H groups in total. The van der Waals surface area contributed by atoms with Crippen LogP contribution in [0.2, 0.25) is 0 Å². The van der Waals surface area contributed by atoms with Crippen LogP contribution in [0.1, 0.15) is 15.9 Å². The smallest absolute Gasteiger partial charge is 0.534 e. The molecule has 1 aromatic carbocycles. The second-order valence-electron chi connectivity index (χ2n) is 5.12. The normalized spacial score (nSPS) is 16.1. The molecule has 0 aromatic heterocycles. The number of nitrogens with one attached hydrogen (secondary N) is 1. The van der Waals surface area contributed by atoms with Crippen LogP contribution in [0.15, 0.2) is 12.1 Å². The number of amides is 1. The molecule has 1 amide bonds. The first kappa shape index (κ1) is 18.4. The van der Waals surface area contributed by atoms with Gasteiger partial charge in [0.1, 0.15) is 23.7 Å².